The van der Waals surface area contributed by atoms with Crippen molar-refractivity contribution >= 4 is 17.4 Å². The average Bonchev–Trinajstić information content (AvgIpc) is 2.69. The van der Waals surface area contributed by atoms with Gasteiger partial charge in [-0.15, -0.1) is 0 Å². The summed E-state index contributed by atoms with van der Waals surface area (Å²) in [6, 6.07) is 3.50. The number of rotatable bonds is 1. The first-order valence-corrected chi connectivity index (χ1v) is 5.49. The Hall–Kier alpha value is -1.72. The van der Waals surface area contributed by atoms with Crippen molar-refractivity contribution in [1.29, 1.82) is 0 Å². The van der Waals surface area contributed by atoms with Crippen molar-refractivity contribution in [2.24, 2.45) is 0 Å². The molecule has 0 bridgehead atoms. The second-order valence-corrected chi connectivity index (χ2v) is 4.16. The first-order chi connectivity index (χ1) is 8.25. The highest BCUT2D eigenvalue weighted by Crippen LogP contribution is 2.32. The normalized spacial score (nSPS) is 18.2. The molecule has 1 aliphatic heterocycles. The van der Waals surface area contributed by atoms with Crippen LogP contribution in [0.25, 0.3) is 0 Å². The van der Waals surface area contributed by atoms with E-state index >= 15 is 0 Å². The van der Waals surface area contributed by atoms with E-state index in [1.165, 1.54) is 0 Å². The maximum Gasteiger partial charge on any atom is 0.173 e. The molecule has 3 heterocycles. The van der Waals surface area contributed by atoms with Crippen molar-refractivity contribution in [3.05, 3.63) is 47.1 Å². The van der Waals surface area contributed by atoms with Crippen LogP contribution in [-0.4, -0.2) is 20.1 Å². The molecule has 0 saturated carbocycles. The van der Waals surface area contributed by atoms with Gasteiger partial charge in [0.2, 0.25) is 0 Å². The largest absolute Gasteiger partial charge is 0.368 e. The molecular weight excluding hydrogens is 240 g/mol. The van der Waals surface area contributed by atoms with Crippen LogP contribution in [-0.2, 0) is 6.54 Å². The number of aromatic nitrogens is 3. The number of nitrogens with zero attached hydrogens (tertiary/aromatic N) is 4. The molecule has 0 radical (unpaired) electrons. The molecule has 2 aromatic rings. The first kappa shape index (κ1) is 10.4. The second-order valence-electron chi connectivity index (χ2n) is 3.72. The van der Waals surface area contributed by atoms with Gasteiger partial charge in [-0.05, 0) is 12.1 Å². The van der Waals surface area contributed by atoms with Crippen molar-refractivity contribution in [3.8, 4) is 0 Å². The van der Waals surface area contributed by atoms with E-state index in [1.54, 1.807) is 35.6 Å². The van der Waals surface area contributed by atoms with Crippen molar-refractivity contribution in [1.82, 2.24) is 15.0 Å². The molecule has 86 valence electrons. The maximum absolute atomic E-state index is 10.1. The van der Waals surface area contributed by atoms with Crippen molar-refractivity contribution in [3.63, 3.8) is 0 Å². The Labute approximate surface area is 103 Å². The summed E-state index contributed by atoms with van der Waals surface area (Å²) >= 11 is 5.78. The zero-order valence-electron chi connectivity index (χ0n) is 8.79. The Morgan fingerprint density at radius 1 is 1.24 bits per heavy atom. The molecule has 1 aliphatic rings. The third-order valence-electron chi connectivity index (χ3n) is 2.67. The SMILES string of the molecule is OC1c2nccnc2CN1c1ccc(Cl)cn1. The number of hydrogen-bond donors (Lipinski definition) is 1. The van der Waals surface area contributed by atoms with Gasteiger partial charge in [-0.3, -0.25) is 9.97 Å². The lowest BCUT2D eigenvalue weighted by molar-refractivity contribution is 0.176. The number of anilines is 1. The highest BCUT2D eigenvalue weighted by molar-refractivity contribution is 6.30. The summed E-state index contributed by atoms with van der Waals surface area (Å²) in [4.78, 5) is 14.2. The standard InChI is InChI=1S/C11H9ClN4O/c12-7-1-2-9(15-5-7)16-6-8-10(11(16)17)14-4-3-13-8/h1-5,11,17H,6H2. The fraction of sp³-hybridized carbons (Fsp3) is 0.182. The summed E-state index contributed by atoms with van der Waals surface area (Å²) in [6.45, 7) is 0.499. The zero-order valence-corrected chi connectivity index (χ0v) is 9.54. The molecule has 0 saturated heterocycles. The molecule has 1 N–H and O–H groups in total. The van der Waals surface area contributed by atoms with E-state index in [0.29, 0.717) is 23.1 Å². The molecule has 1 atom stereocenters. The van der Waals surface area contributed by atoms with Gasteiger partial charge in [-0.2, -0.15) is 0 Å². The topological polar surface area (TPSA) is 62.1 Å². The van der Waals surface area contributed by atoms with Crippen LogP contribution in [0.15, 0.2) is 30.7 Å². The molecule has 5 nitrogen and oxygen atoms in total. The molecule has 2 aromatic heterocycles. The predicted molar refractivity (Wildman–Crippen MR) is 62.4 cm³/mol. The Morgan fingerprint density at radius 2 is 2.06 bits per heavy atom. The maximum atomic E-state index is 10.1. The van der Waals surface area contributed by atoms with Crippen LogP contribution < -0.4 is 4.90 Å². The lowest BCUT2D eigenvalue weighted by Gasteiger charge is -2.20. The lowest BCUT2D eigenvalue weighted by atomic mass is 10.3. The van der Waals surface area contributed by atoms with E-state index in [9.17, 15) is 5.11 Å². The molecule has 0 amide bonds. The predicted octanol–water partition coefficient (Wildman–Crippen LogP) is 1.54. The van der Waals surface area contributed by atoms with Gasteiger partial charge in [-0.25, -0.2) is 4.98 Å². The summed E-state index contributed by atoms with van der Waals surface area (Å²) in [5.74, 6) is 0.654. The minimum atomic E-state index is -0.799. The number of aliphatic hydroxyl groups is 1. The first-order valence-electron chi connectivity index (χ1n) is 5.12. The smallest absolute Gasteiger partial charge is 0.173 e. The van der Waals surface area contributed by atoms with Crippen LogP contribution in [0.1, 0.15) is 17.6 Å². The molecular formula is C11H9ClN4O. The Kier molecular flexibility index (Phi) is 2.42. The van der Waals surface area contributed by atoms with Gasteiger partial charge in [0.05, 0.1) is 17.3 Å². The van der Waals surface area contributed by atoms with Gasteiger partial charge in [0.25, 0.3) is 0 Å². The van der Waals surface area contributed by atoms with E-state index in [0.717, 1.165) is 5.69 Å². The Balaban J connectivity index is 1.96. The van der Waals surface area contributed by atoms with Gasteiger partial charge < -0.3 is 10.0 Å². The molecule has 3 rings (SSSR count). The molecule has 0 fully saturated rings. The summed E-state index contributed by atoms with van der Waals surface area (Å²) < 4.78 is 0. The summed E-state index contributed by atoms with van der Waals surface area (Å²) in [5.41, 5.74) is 1.36. The van der Waals surface area contributed by atoms with E-state index in [2.05, 4.69) is 15.0 Å². The van der Waals surface area contributed by atoms with Gasteiger partial charge >= 0.3 is 0 Å². The second kappa shape index (κ2) is 3.94. The average molecular weight is 249 g/mol. The lowest BCUT2D eigenvalue weighted by Crippen LogP contribution is -2.22. The number of hydrogen-bond acceptors (Lipinski definition) is 5. The van der Waals surface area contributed by atoms with E-state index < -0.39 is 6.23 Å². The van der Waals surface area contributed by atoms with Crippen molar-refractivity contribution < 1.29 is 5.11 Å². The van der Waals surface area contributed by atoms with E-state index in [4.69, 9.17) is 11.6 Å². The highest BCUT2D eigenvalue weighted by Gasteiger charge is 2.31. The third kappa shape index (κ3) is 1.73. The van der Waals surface area contributed by atoms with Gasteiger partial charge in [-0.1, -0.05) is 11.6 Å². The summed E-state index contributed by atoms with van der Waals surface area (Å²) in [6.07, 6.45) is 3.94. The fourth-order valence-corrected chi connectivity index (χ4v) is 1.97. The monoisotopic (exact) mass is 248 g/mol. The van der Waals surface area contributed by atoms with E-state index in [1.807, 2.05) is 0 Å². The van der Waals surface area contributed by atoms with Crippen molar-refractivity contribution in [2.75, 3.05) is 4.90 Å². The zero-order chi connectivity index (χ0) is 11.8. The number of fused-ring (bicyclic) bond motifs is 1. The van der Waals surface area contributed by atoms with Crippen LogP contribution in [0.3, 0.4) is 0 Å². The molecule has 0 spiro atoms. The number of pyridine rings is 1. The quantitative estimate of drug-likeness (QED) is 0.829. The van der Waals surface area contributed by atoms with Gasteiger partial charge in [0.1, 0.15) is 11.5 Å². The van der Waals surface area contributed by atoms with Crippen molar-refractivity contribution in [2.45, 2.75) is 12.8 Å². The Morgan fingerprint density at radius 3 is 2.76 bits per heavy atom. The minimum absolute atomic E-state index is 0.499. The third-order valence-corrected chi connectivity index (χ3v) is 2.90. The molecule has 0 aliphatic carbocycles. The summed E-state index contributed by atoms with van der Waals surface area (Å²) in [7, 11) is 0. The van der Waals surface area contributed by atoms with Crippen LogP contribution in [0.2, 0.25) is 5.02 Å². The highest BCUT2D eigenvalue weighted by atomic mass is 35.5. The Bertz CT molecular complexity index is 545. The minimum Gasteiger partial charge on any atom is -0.368 e. The number of aliphatic hydroxyl groups excluding tert-OH is 1. The van der Waals surface area contributed by atoms with E-state index in [-0.39, 0.29) is 0 Å². The van der Waals surface area contributed by atoms with Gasteiger partial charge in [0.15, 0.2) is 6.23 Å². The molecule has 6 heteroatoms. The summed E-state index contributed by atoms with van der Waals surface area (Å²) in [5, 5.41) is 10.7. The van der Waals surface area contributed by atoms with Crippen LogP contribution in [0.4, 0.5) is 5.82 Å². The van der Waals surface area contributed by atoms with Crippen LogP contribution in [0, 0.1) is 0 Å². The molecule has 17 heavy (non-hydrogen) atoms. The van der Waals surface area contributed by atoms with Crippen LogP contribution >= 0.6 is 11.6 Å². The number of halogens is 1. The molecule has 0 aromatic carbocycles. The van der Waals surface area contributed by atoms with Gasteiger partial charge in [0, 0.05) is 18.6 Å². The fourth-order valence-electron chi connectivity index (χ4n) is 1.85. The molecule has 1 unspecified atom stereocenters. The van der Waals surface area contributed by atoms with Crippen LogP contribution in [0.5, 0.6) is 0 Å².